The second kappa shape index (κ2) is 5.00. The summed E-state index contributed by atoms with van der Waals surface area (Å²) < 4.78 is 0.953. The van der Waals surface area contributed by atoms with E-state index < -0.39 is 5.97 Å². The standard InChI is InChI=1S/C13H15BrO2/c14-11-7-3-6-10(8-11)12(13(15)16)9-4-1-2-5-9/h3,6-9,12H,1-2,4-5H2,(H,15,16). The summed E-state index contributed by atoms with van der Waals surface area (Å²) in [6.45, 7) is 0. The molecule has 1 aromatic carbocycles. The van der Waals surface area contributed by atoms with Crippen LogP contribution >= 0.6 is 15.9 Å². The zero-order valence-electron chi connectivity index (χ0n) is 9.03. The van der Waals surface area contributed by atoms with Crippen molar-refractivity contribution < 1.29 is 9.90 Å². The minimum absolute atomic E-state index is 0.312. The zero-order chi connectivity index (χ0) is 11.5. The molecular weight excluding hydrogens is 268 g/mol. The molecule has 1 N–H and O–H groups in total. The molecule has 1 atom stereocenters. The molecule has 1 aliphatic carbocycles. The molecule has 1 aromatic rings. The molecule has 0 aromatic heterocycles. The fourth-order valence-electron chi connectivity index (χ4n) is 2.61. The Morgan fingerprint density at radius 2 is 2.06 bits per heavy atom. The lowest BCUT2D eigenvalue weighted by atomic mass is 9.85. The maximum absolute atomic E-state index is 11.4. The topological polar surface area (TPSA) is 37.3 Å². The van der Waals surface area contributed by atoms with Crippen molar-refractivity contribution in [2.24, 2.45) is 5.92 Å². The number of carboxylic acids is 1. The number of halogens is 1. The molecule has 1 saturated carbocycles. The van der Waals surface area contributed by atoms with Crippen LogP contribution in [0.15, 0.2) is 28.7 Å². The Hall–Kier alpha value is -0.830. The van der Waals surface area contributed by atoms with Crippen LogP contribution < -0.4 is 0 Å². The molecule has 1 aliphatic rings. The third-order valence-electron chi connectivity index (χ3n) is 3.35. The lowest BCUT2D eigenvalue weighted by Gasteiger charge is -2.19. The Kier molecular flexibility index (Phi) is 3.64. The van der Waals surface area contributed by atoms with Crippen LogP contribution in [0.3, 0.4) is 0 Å². The SMILES string of the molecule is O=C(O)C(c1cccc(Br)c1)C1CCCC1. The van der Waals surface area contributed by atoms with E-state index >= 15 is 0 Å². The predicted octanol–water partition coefficient (Wildman–Crippen LogP) is 3.81. The van der Waals surface area contributed by atoms with Gasteiger partial charge in [0.25, 0.3) is 0 Å². The van der Waals surface area contributed by atoms with Crippen molar-refractivity contribution in [2.45, 2.75) is 31.6 Å². The molecule has 0 heterocycles. The molecule has 86 valence electrons. The van der Waals surface area contributed by atoms with Crippen LogP contribution in [-0.2, 0) is 4.79 Å². The quantitative estimate of drug-likeness (QED) is 0.916. The second-order valence-electron chi connectivity index (χ2n) is 4.42. The van der Waals surface area contributed by atoms with Gasteiger partial charge in [-0.1, -0.05) is 40.9 Å². The lowest BCUT2D eigenvalue weighted by Crippen LogP contribution is -2.19. The lowest BCUT2D eigenvalue weighted by molar-refractivity contribution is -0.140. The van der Waals surface area contributed by atoms with Gasteiger partial charge < -0.3 is 5.11 Å². The van der Waals surface area contributed by atoms with Gasteiger partial charge in [0.15, 0.2) is 0 Å². The highest BCUT2D eigenvalue weighted by Crippen LogP contribution is 2.38. The maximum Gasteiger partial charge on any atom is 0.311 e. The van der Waals surface area contributed by atoms with Gasteiger partial charge in [-0.2, -0.15) is 0 Å². The van der Waals surface area contributed by atoms with Crippen molar-refractivity contribution in [3.8, 4) is 0 Å². The van der Waals surface area contributed by atoms with E-state index in [-0.39, 0.29) is 5.92 Å². The highest BCUT2D eigenvalue weighted by atomic mass is 79.9. The van der Waals surface area contributed by atoms with Gasteiger partial charge in [-0.05, 0) is 36.5 Å². The molecule has 0 aliphatic heterocycles. The van der Waals surface area contributed by atoms with E-state index in [0.29, 0.717) is 5.92 Å². The number of aliphatic carboxylic acids is 1. The molecule has 1 fully saturated rings. The molecule has 0 amide bonds. The number of carboxylic acid groups (broad SMARTS) is 1. The summed E-state index contributed by atoms with van der Waals surface area (Å²) >= 11 is 3.40. The van der Waals surface area contributed by atoms with Crippen molar-refractivity contribution in [3.05, 3.63) is 34.3 Å². The van der Waals surface area contributed by atoms with Crippen LogP contribution in [0, 0.1) is 5.92 Å². The van der Waals surface area contributed by atoms with E-state index in [2.05, 4.69) is 15.9 Å². The summed E-state index contributed by atoms with van der Waals surface area (Å²) in [5.74, 6) is -0.711. The molecule has 1 unspecified atom stereocenters. The number of hydrogen-bond acceptors (Lipinski definition) is 1. The Balaban J connectivity index is 2.28. The number of rotatable bonds is 3. The summed E-state index contributed by atoms with van der Waals surface area (Å²) in [4.78, 5) is 11.4. The molecule has 0 spiro atoms. The molecule has 0 saturated heterocycles. The molecule has 0 bridgehead atoms. The molecule has 2 rings (SSSR count). The van der Waals surface area contributed by atoms with Gasteiger partial charge in [-0.25, -0.2) is 0 Å². The fraction of sp³-hybridized carbons (Fsp3) is 0.462. The monoisotopic (exact) mass is 282 g/mol. The van der Waals surface area contributed by atoms with Gasteiger partial charge in [0.2, 0.25) is 0 Å². The minimum atomic E-state index is -0.690. The Bertz CT molecular complexity index is 383. The van der Waals surface area contributed by atoms with Crippen LogP contribution in [-0.4, -0.2) is 11.1 Å². The second-order valence-corrected chi connectivity index (χ2v) is 5.33. The van der Waals surface area contributed by atoms with Crippen LogP contribution in [0.25, 0.3) is 0 Å². The third-order valence-corrected chi connectivity index (χ3v) is 3.84. The smallest absolute Gasteiger partial charge is 0.311 e. The van der Waals surface area contributed by atoms with E-state index in [0.717, 1.165) is 22.9 Å². The average Bonchev–Trinajstić information content (AvgIpc) is 2.71. The first kappa shape index (κ1) is 11.6. The van der Waals surface area contributed by atoms with Gasteiger partial charge in [0.05, 0.1) is 5.92 Å². The number of benzene rings is 1. The molecular formula is C13H15BrO2. The Morgan fingerprint density at radius 1 is 1.38 bits per heavy atom. The van der Waals surface area contributed by atoms with E-state index in [4.69, 9.17) is 0 Å². The van der Waals surface area contributed by atoms with Gasteiger partial charge >= 0.3 is 5.97 Å². The largest absolute Gasteiger partial charge is 0.481 e. The first-order chi connectivity index (χ1) is 7.68. The molecule has 0 radical (unpaired) electrons. The average molecular weight is 283 g/mol. The highest BCUT2D eigenvalue weighted by Gasteiger charge is 2.31. The fourth-order valence-corrected chi connectivity index (χ4v) is 3.02. The Labute approximate surface area is 104 Å². The molecule has 16 heavy (non-hydrogen) atoms. The van der Waals surface area contributed by atoms with Crippen LogP contribution in [0.2, 0.25) is 0 Å². The highest BCUT2D eigenvalue weighted by molar-refractivity contribution is 9.10. The predicted molar refractivity (Wildman–Crippen MR) is 66.5 cm³/mol. The summed E-state index contributed by atoms with van der Waals surface area (Å²) in [6, 6.07) is 7.68. The van der Waals surface area contributed by atoms with Crippen molar-refractivity contribution in [1.29, 1.82) is 0 Å². The number of carbonyl (C=O) groups is 1. The van der Waals surface area contributed by atoms with Gasteiger partial charge in [0, 0.05) is 4.47 Å². The normalized spacial score (nSPS) is 18.6. The first-order valence-corrected chi connectivity index (χ1v) is 6.46. The molecule has 2 nitrogen and oxygen atoms in total. The molecule has 3 heteroatoms. The van der Waals surface area contributed by atoms with Gasteiger partial charge in [0.1, 0.15) is 0 Å². The summed E-state index contributed by atoms with van der Waals surface area (Å²) in [5.41, 5.74) is 0.925. The maximum atomic E-state index is 11.4. The van der Waals surface area contributed by atoms with Crippen molar-refractivity contribution in [1.82, 2.24) is 0 Å². The summed E-state index contributed by atoms with van der Waals surface area (Å²) in [5, 5.41) is 9.36. The van der Waals surface area contributed by atoms with Crippen molar-refractivity contribution in [2.75, 3.05) is 0 Å². The summed E-state index contributed by atoms with van der Waals surface area (Å²) in [6.07, 6.45) is 4.43. The van der Waals surface area contributed by atoms with Gasteiger partial charge in [-0.15, -0.1) is 0 Å². The van der Waals surface area contributed by atoms with Crippen LogP contribution in [0.4, 0.5) is 0 Å². The summed E-state index contributed by atoms with van der Waals surface area (Å²) in [7, 11) is 0. The van der Waals surface area contributed by atoms with Gasteiger partial charge in [-0.3, -0.25) is 4.79 Å². The third kappa shape index (κ3) is 2.46. The van der Waals surface area contributed by atoms with Crippen molar-refractivity contribution >= 4 is 21.9 Å². The van der Waals surface area contributed by atoms with Crippen LogP contribution in [0.5, 0.6) is 0 Å². The Morgan fingerprint density at radius 3 is 2.62 bits per heavy atom. The van der Waals surface area contributed by atoms with E-state index in [1.807, 2.05) is 24.3 Å². The van der Waals surface area contributed by atoms with Crippen molar-refractivity contribution in [3.63, 3.8) is 0 Å². The van der Waals surface area contributed by atoms with E-state index in [1.54, 1.807) is 0 Å². The van der Waals surface area contributed by atoms with E-state index in [1.165, 1.54) is 12.8 Å². The minimum Gasteiger partial charge on any atom is -0.481 e. The first-order valence-electron chi connectivity index (χ1n) is 5.67. The number of hydrogen-bond donors (Lipinski definition) is 1. The zero-order valence-corrected chi connectivity index (χ0v) is 10.6. The van der Waals surface area contributed by atoms with Crippen LogP contribution in [0.1, 0.15) is 37.2 Å². The van der Waals surface area contributed by atoms with E-state index in [9.17, 15) is 9.90 Å².